The van der Waals surface area contributed by atoms with Crippen molar-refractivity contribution in [2.24, 2.45) is 5.41 Å². The highest BCUT2D eigenvalue weighted by Crippen LogP contribution is 2.20. The molecule has 1 aromatic carbocycles. The number of aliphatic hydroxyl groups excluding tert-OH is 1. The highest BCUT2D eigenvalue weighted by molar-refractivity contribution is 5.70. The number of carbonyl (C=O) groups excluding carboxylic acids is 1. The molecule has 0 aliphatic heterocycles. The van der Waals surface area contributed by atoms with Crippen molar-refractivity contribution >= 4 is 6.09 Å². The Labute approximate surface area is 171 Å². The Hall–Kier alpha value is -2.82. The van der Waals surface area contributed by atoms with Gasteiger partial charge in [0.25, 0.3) is 0 Å². The Kier molecular flexibility index (Phi) is 8.71. The van der Waals surface area contributed by atoms with E-state index in [2.05, 4.69) is 30.6 Å². The Bertz CT molecular complexity index is 769. The molecule has 7 heteroatoms. The van der Waals surface area contributed by atoms with Gasteiger partial charge in [0.05, 0.1) is 24.5 Å². The van der Waals surface area contributed by atoms with Crippen LogP contribution in [0.1, 0.15) is 32.3 Å². The number of furan rings is 1. The summed E-state index contributed by atoms with van der Waals surface area (Å²) in [5.41, 5.74) is 0.937. The van der Waals surface area contributed by atoms with Crippen LogP contribution >= 0.6 is 0 Å². The van der Waals surface area contributed by atoms with Gasteiger partial charge in [0, 0.05) is 25.6 Å². The van der Waals surface area contributed by atoms with Crippen molar-refractivity contribution in [2.75, 3.05) is 13.1 Å². The maximum absolute atomic E-state index is 12.2. The predicted molar refractivity (Wildman–Crippen MR) is 109 cm³/mol. The maximum Gasteiger partial charge on any atom is 0.413 e. The van der Waals surface area contributed by atoms with E-state index < -0.39 is 18.2 Å². The number of nitrogens with one attached hydrogen (secondary N) is 2. The zero-order valence-electron chi connectivity index (χ0n) is 16.9. The highest BCUT2D eigenvalue weighted by Gasteiger charge is 2.24. The SMILES string of the molecule is CC(C)(CCC#N)CNC[C@@H](O)[C@H](Cc1ccccc1)NC(=O)Oc1ccoc1. The molecule has 2 rings (SSSR count). The van der Waals surface area contributed by atoms with Crippen molar-refractivity contribution < 1.29 is 19.1 Å². The first-order chi connectivity index (χ1) is 13.9. The molecule has 29 heavy (non-hydrogen) atoms. The van der Waals surface area contributed by atoms with Gasteiger partial charge in [-0.05, 0) is 23.8 Å². The topological polar surface area (TPSA) is 108 Å². The Morgan fingerprint density at radius 3 is 2.72 bits per heavy atom. The van der Waals surface area contributed by atoms with Crippen LogP contribution in [0.15, 0.2) is 53.3 Å². The molecule has 0 saturated carbocycles. The lowest BCUT2D eigenvalue weighted by Gasteiger charge is -2.27. The van der Waals surface area contributed by atoms with Crippen LogP contribution in [0.25, 0.3) is 0 Å². The van der Waals surface area contributed by atoms with E-state index in [9.17, 15) is 9.90 Å². The Morgan fingerprint density at radius 1 is 1.31 bits per heavy atom. The van der Waals surface area contributed by atoms with Crippen molar-refractivity contribution in [3.8, 4) is 11.8 Å². The number of amides is 1. The third kappa shape index (κ3) is 8.38. The lowest BCUT2D eigenvalue weighted by atomic mass is 9.88. The first-order valence-electron chi connectivity index (χ1n) is 9.70. The lowest BCUT2D eigenvalue weighted by molar-refractivity contribution is 0.116. The van der Waals surface area contributed by atoms with Crippen molar-refractivity contribution in [1.29, 1.82) is 5.26 Å². The Morgan fingerprint density at radius 2 is 2.07 bits per heavy atom. The minimum Gasteiger partial charge on any atom is -0.469 e. The van der Waals surface area contributed by atoms with Crippen LogP contribution in [-0.2, 0) is 6.42 Å². The van der Waals surface area contributed by atoms with E-state index in [0.717, 1.165) is 12.0 Å². The minimum absolute atomic E-state index is 0.0575. The van der Waals surface area contributed by atoms with Crippen LogP contribution in [0, 0.1) is 16.7 Å². The molecule has 1 aromatic heterocycles. The van der Waals surface area contributed by atoms with Gasteiger partial charge in [-0.1, -0.05) is 44.2 Å². The molecular weight excluding hydrogens is 370 g/mol. The van der Waals surface area contributed by atoms with E-state index in [0.29, 0.717) is 31.7 Å². The summed E-state index contributed by atoms with van der Waals surface area (Å²) in [5, 5.41) is 25.5. The van der Waals surface area contributed by atoms with E-state index in [1.807, 2.05) is 30.3 Å². The van der Waals surface area contributed by atoms with Gasteiger partial charge in [-0.25, -0.2) is 4.79 Å². The summed E-state index contributed by atoms with van der Waals surface area (Å²) in [5.74, 6) is 0.299. The molecule has 2 aromatic rings. The third-order valence-corrected chi connectivity index (χ3v) is 4.64. The molecule has 1 heterocycles. The number of ether oxygens (including phenoxy) is 1. The zero-order chi connectivity index (χ0) is 21.1. The molecular formula is C22H29N3O4. The molecule has 0 spiro atoms. The summed E-state index contributed by atoms with van der Waals surface area (Å²) < 4.78 is 10.1. The fourth-order valence-electron chi connectivity index (χ4n) is 2.93. The second-order valence-corrected chi connectivity index (χ2v) is 7.81. The standard InChI is InChI=1S/C22H29N3O4/c1-22(2,10-6-11-23)16-24-14-20(26)19(13-17-7-4-3-5-8-17)25-21(27)29-18-9-12-28-15-18/h3-5,7-9,12,15,19-20,24,26H,6,10,13-14,16H2,1-2H3,(H,25,27)/t19-,20+/m0/s1. The number of hydrogen-bond donors (Lipinski definition) is 3. The summed E-state index contributed by atoms with van der Waals surface area (Å²) in [6, 6.07) is 12.8. The fraction of sp³-hybridized carbons (Fsp3) is 0.455. The molecule has 3 N–H and O–H groups in total. The van der Waals surface area contributed by atoms with E-state index in [4.69, 9.17) is 14.4 Å². The van der Waals surface area contributed by atoms with Crippen molar-refractivity contribution in [2.45, 2.75) is 45.3 Å². The molecule has 1 amide bonds. The normalized spacial score (nSPS) is 13.3. The number of hydrogen-bond acceptors (Lipinski definition) is 6. The number of benzene rings is 1. The molecule has 2 atom stereocenters. The highest BCUT2D eigenvalue weighted by atomic mass is 16.6. The molecule has 0 radical (unpaired) electrons. The van der Waals surface area contributed by atoms with Crippen LogP contribution in [-0.4, -0.2) is 36.4 Å². The molecule has 0 bridgehead atoms. The molecule has 0 unspecified atom stereocenters. The monoisotopic (exact) mass is 399 g/mol. The van der Waals surface area contributed by atoms with Gasteiger partial charge in [-0.15, -0.1) is 0 Å². The van der Waals surface area contributed by atoms with Gasteiger partial charge in [-0.3, -0.25) is 0 Å². The molecule has 0 fully saturated rings. The van der Waals surface area contributed by atoms with Gasteiger partial charge in [-0.2, -0.15) is 5.26 Å². The summed E-state index contributed by atoms with van der Waals surface area (Å²) in [7, 11) is 0. The number of nitrogens with zero attached hydrogens (tertiary/aromatic N) is 1. The first-order valence-corrected chi connectivity index (χ1v) is 9.70. The van der Waals surface area contributed by atoms with Gasteiger partial charge >= 0.3 is 6.09 Å². The summed E-state index contributed by atoms with van der Waals surface area (Å²) >= 11 is 0. The number of carbonyl (C=O) groups is 1. The molecule has 7 nitrogen and oxygen atoms in total. The van der Waals surface area contributed by atoms with Crippen molar-refractivity contribution in [3.63, 3.8) is 0 Å². The molecule has 0 aliphatic rings. The minimum atomic E-state index is -0.820. The first kappa shape index (κ1) is 22.5. The van der Waals surface area contributed by atoms with Crippen molar-refractivity contribution in [1.82, 2.24) is 10.6 Å². The average Bonchev–Trinajstić information content (AvgIpc) is 3.19. The lowest BCUT2D eigenvalue weighted by Crippen LogP contribution is -2.50. The largest absolute Gasteiger partial charge is 0.469 e. The van der Waals surface area contributed by atoms with Crippen molar-refractivity contribution in [3.05, 3.63) is 54.5 Å². The average molecular weight is 399 g/mol. The predicted octanol–water partition coefficient (Wildman–Crippen LogP) is 3.26. The molecule has 0 aliphatic carbocycles. The van der Waals surface area contributed by atoms with Gasteiger partial charge in [0.2, 0.25) is 0 Å². The second-order valence-electron chi connectivity index (χ2n) is 7.81. The van der Waals surface area contributed by atoms with E-state index in [1.54, 1.807) is 0 Å². The quantitative estimate of drug-likeness (QED) is 0.535. The van der Waals surface area contributed by atoms with Gasteiger partial charge < -0.3 is 24.9 Å². The summed E-state index contributed by atoms with van der Waals surface area (Å²) in [6.45, 7) is 5.11. The molecule has 0 saturated heterocycles. The van der Waals surface area contributed by atoms with Gasteiger partial charge in [0.15, 0.2) is 5.75 Å². The fourth-order valence-corrected chi connectivity index (χ4v) is 2.93. The summed E-state index contributed by atoms with van der Waals surface area (Å²) in [4.78, 5) is 12.2. The smallest absolute Gasteiger partial charge is 0.413 e. The number of aliphatic hydroxyl groups is 1. The van der Waals surface area contributed by atoms with Crippen LogP contribution < -0.4 is 15.4 Å². The third-order valence-electron chi connectivity index (χ3n) is 4.64. The molecule has 156 valence electrons. The number of nitriles is 1. The van der Waals surface area contributed by atoms with Crippen LogP contribution in [0.5, 0.6) is 5.75 Å². The second kappa shape index (κ2) is 11.2. The number of rotatable bonds is 11. The summed E-state index contributed by atoms with van der Waals surface area (Å²) in [6.07, 6.45) is 3.00. The van der Waals surface area contributed by atoms with Crippen LogP contribution in [0.4, 0.5) is 4.79 Å². The zero-order valence-corrected chi connectivity index (χ0v) is 16.9. The van der Waals surface area contributed by atoms with Crippen LogP contribution in [0.3, 0.4) is 0 Å². The van der Waals surface area contributed by atoms with Gasteiger partial charge in [0.1, 0.15) is 6.26 Å². The van der Waals surface area contributed by atoms with E-state index in [-0.39, 0.29) is 5.41 Å². The Balaban J connectivity index is 1.94. The van der Waals surface area contributed by atoms with E-state index in [1.165, 1.54) is 18.6 Å². The van der Waals surface area contributed by atoms with Crippen LogP contribution in [0.2, 0.25) is 0 Å². The maximum atomic E-state index is 12.2. The van der Waals surface area contributed by atoms with E-state index >= 15 is 0 Å².